The van der Waals surface area contributed by atoms with Gasteiger partial charge in [0, 0.05) is 23.9 Å². The molecule has 43 heavy (non-hydrogen) atoms. The van der Waals surface area contributed by atoms with Gasteiger partial charge in [0.2, 0.25) is 10.0 Å². The van der Waals surface area contributed by atoms with Crippen LogP contribution in [0, 0.1) is 0 Å². The fraction of sp³-hybridized carbons (Fsp3) is 0.188. The Labute approximate surface area is 249 Å². The number of sulfonamides is 1. The zero-order valence-corrected chi connectivity index (χ0v) is 24.7. The van der Waals surface area contributed by atoms with Crippen molar-refractivity contribution in [1.29, 1.82) is 0 Å². The predicted octanol–water partition coefficient (Wildman–Crippen LogP) is 6.37. The van der Waals surface area contributed by atoms with Crippen LogP contribution in [0.25, 0.3) is 11.3 Å². The highest BCUT2D eigenvalue weighted by molar-refractivity contribution is 7.89. The Balaban J connectivity index is 1.28. The lowest BCUT2D eigenvalue weighted by molar-refractivity contribution is 0.101. The minimum Gasteiger partial charge on any atom is -0.497 e. The number of nitrogens with zero attached hydrogens (tertiary/aromatic N) is 2. The molecule has 222 valence electrons. The first-order valence-corrected chi connectivity index (χ1v) is 15.0. The number of hydrogen-bond donors (Lipinski definition) is 1. The van der Waals surface area contributed by atoms with E-state index in [2.05, 4.69) is 10.5 Å². The average molecular weight is 602 g/mol. The highest BCUT2D eigenvalue weighted by Gasteiger charge is 2.26. The first-order chi connectivity index (χ1) is 20.7. The van der Waals surface area contributed by atoms with Crippen LogP contribution < -0.4 is 14.8 Å². The Morgan fingerprint density at radius 1 is 0.930 bits per heavy atom. The van der Waals surface area contributed by atoms with E-state index in [1.165, 1.54) is 40.9 Å². The SMILES string of the molecule is COc1ccc(CN(Cc2ccco2)S(=O)(=O)c2ccc(NC(=O)c3cc(-c4ccc(OC(C)C)cc4)on3)cc2)cc1. The molecular weight excluding hydrogens is 570 g/mol. The fourth-order valence-electron chi connectivity index (χ4n) is 4.28. The molecule has 0 radical (unpaired) electrons. The van der Waals surface area contributed by atoms with E-state index in [1.807, 2.05) is 50.2 Å². The van der Waals surface area contributed by atoms with Gasteiger partial charge in [-0.05, 0) is 92.2 Å². The molecule has 11 heteroatoms. The Hall–Kier alpha value is -4.87. The van der Waals surface area contributed by atoms with Crippen molar-refractivity contribution < 1.29 is 31.6 Å². The van der Waals surface area contributed by atoms with Crippen molar-refractivity contribution in [1.82, 2.24) is 9.46 Å². The van der Waals surface area contributed by atoms with Gasteiger partial charge in [-0.2, -0.15) is 4.31 Å². The number of nitrogens with one attached hydrogen (secondary N) is 1. The quantitative estimate of drug-likeness (QED) is 0.175. The standard InChI is InChI=1S/C32H31N3O7S/c1-22(2)41-27-14-8-24(9-15-27)31-19-30(34-42-31)32(36)33-25-10-16-29(17-11-25)43(37,38)35(21-28-5-4-18-40-28)20-23-6-12-26(39-3)13-7-23/h4-19,22H,20-21H2,1-3H3,(H,33,36). The third-order valence-corrected chi connectivity index (χ3v) is 8.24. The molecule has 2 aromatic heterocycles. The number of aromatic nitrogens is 1. The zero-order chi connectivity index (χ0) is 30.4. The fourth-order valence-corrected chi connectivity index (χ4v) is 5.67. The van der Waals surface area contributed by atoms with E-state index in [4.69, 9.17) is 18.4 Å². The van der Waals surface area contributed by atoms with Gasteiger partial charge in [-0.1, -0.05) is 17.3 Å². The lowest BCUT2D eigenvalue weighted by Gasteiger charge is -2.22. The third-order valence-electron chi connectivity index (χ3n) is 6.43. The van der Waals surface area contributed by atoms with Crippen LogP contribution in [0.1, 0.15) is 35.7 Å². The summed E-state index contributed by atoms with van der Waals surface area (Å²) in [6, 6.07) is 25.4. The first kappa shape index (κ1) is 29.6. The van der Waals surface area contributed by atoms with Crippen LogP contribution in [0.4, 0.5) is 5.69 Å². The van der Waals surface area contributed by atoms with E-state index in [-0.39, 0.29) is 29.8 Å². The number of methoxy groups -OCH3 is 1. The molecule has 0 atom stereocenters. The normalized spacial score (nSPS) is 11.6. The minimum absolute atomic E-state index is 0.0435. The van der Waals surface area contributed by atoms with Crippen LogP contribution in [-0.2, 0) is 23.1 Å². The van der Waals surface area contributed by atoms with Gasteiger partial charge in [-0.15, -0.1) is 0 Å². The van der Waals surface area contributed by atoms with Crippen molar-refractivity contribution in [2.45, 2.75) is 37.9 Å². The van der Waals surface area contributed by atoms with Crippen molar-refractivity contribution >= 4 is 21.6 Å². The largest absolute Gasteiger partial charge is 0.497 e. The van der Waals surface area contributed by atoms with E-state index in [1.54, 1.807) is 31.4 Å². The summed E-state index contributed by atoms with van der Waals surface area (Å²) in [5.74, 6) is 1.84. The Morgan fingerprint density at radius 2 is 1.63 bits per heavy atom. The van der Waals surface area contributed by atoms with E-state index < -0.39 is 15.9 Å². The minimum atomic E-state index is -3.93. The average Bonchev–Trinajstić information content (AvgIpc) is 3.71. The van der Waals surface area contributed by atoms with Crippen molar-refractivity contribution in [3.8, 4) is 22.8 Å². The number of carbonyl (C=O) groups is 1. The van der Waals surface area contributed by atoms with Gasteiger partial charge < -0.3 is 23.7 Å². The summed E-state index contributed by atoms with van der Waals surface area (Å²) >= 11 is 0. The molecule has 5 rings (SSSR count). The maximum atomic E-state index is 13.7. The molecule has 5 aromatic rings. The molecule has 0 aliphatic carbocycles. The Kier molecular flexibility index (Phi) is 8.93. The number of carbonyl (C=O) groups excluding carboxylic acids is 1. The Morgan fingerprint density at radius 3 is 2.26 bits per heavy atom. The number of anilines is 1. The molecule has 2 heterocycles. The topological polar surface area (TPSA) is 124 Å². The van der Waals surface area contributed by atoms with Crippen LogP contribution in [0.15, 0.2) is 111 Å². The summed E-state index contributed by atoms with van der Waals surface area (Å²) in [4.78, 5) is 12.9. The predicted molar refractivity (Wildman–Crippen MR) is 160 cm³/mol. The highest BCUT2D eigenvalue weighted by atomic mass is 32.2. The van der Waals surface area contributed by atoms with Crippen LogP contribution in [0.5, 0.6) is 11.5 Å². The van der Waals surface area contributed by atoms with Crippen molar-refractivity contribution in [3.05, 3.63) is 114 Å². The lowest BCUT2D eigenvalue weighted by atomic mass is 10.1. The molecule has 0 aliphatic rings. The molecule has 1 amide bonds. The monoisotopic (exact) mass is 601 g/mol. The molecule has 0 fully saturated rings. The van der Waals surface area contributed by atoms with Gasteiger partial charge in [-0.3, -0.25) is 4.79 Å². The maximum Gasteiger partial charge on any atom is 0.277 e. The van der Waals surface area contributed by atoms with Crippen LogP contribution in [0.2, 0.25) is 0 Å². The Bertz CT molecular complexity index is 1750. The number of hydrogen-bond acceptors (Lipinski definition) is 8. The third kappa shape index (κ3) is 7.32. The highest BCUT2D eigenvalue weighted by Crippen LogP contribution is 2.26. The van der Waals surface area contributed by atoms with Crippen molar-refractivity contribution in [2.24, 2.45) is 0 Å². The number of ether oxygens (including phenoxy) is 2. The van der Waals surface area contributed by atoms with Gasteiger partial charge in [0.15, 0.2) is 11.5 Å². The first-order valence-electron chi connectivity index (χ1n) is 13.5. The molecule has 0 bridgehead atoms. The van der Waals surface area contributed by atoms with Gasteiger partial charge in [0.25, 0.3) is 5.91 Å². The summed E-state index contributed by atoms with van der Waals surface area (Å²) in [6.45, 7) is 4.06. The van der Waals surface area contributed by atoms with Crippen LogP contribution in [-0.4, -0.2) is 37.0 Å². The molecule has 1 N–H and O–H groups in total. The maximum absolute atomic E-state index is 13.7. The molecular formula is C32H31N3O7S. The van der Waals surface area contributed by atoms with Crippen molar-refractivity contribution in [3.63, 3.8) is 0 Å². The number of furan rings is 1. The summed E-state index contributed by atoms with van der Waals surface area (Å²) in [6.07, 6.45) is 1.56. The molecule has 10 nitrogen and oxygen atoms in total. The number of amides is 1. The van der Waals surface area contributed by atoms with Gasteiger partial charge in [0.1, 0.15) is 17.3 Å². The van der Waals surface area contributed by atoms with E-state index in [0.717, 1.165) is 16.9 Å². The second kappa shape index (κ2) is 13.0. The molecule has 3 aromatic carbocycles. The smallest absolute Gasteiger partial charge is 0.277 e. The number of rotatable bonds is 12. The van der Waals surface area contributed by atoms with E-state index in [0.29, 0.717) is 23.0 Å². The lowest BCUT2D eigenvalue weighted by Crippen LogP contribution is -2.30. The summed E-state index contributed by atoms with van der Waals surface area (Å²) < 4.78 is 50.4. The van der Waals surface area contributed by atoms with E-state index in [9.17, 15) is 13.2 Å². The molecule has 0 spiro atoms. The zero-order valence-electron chi connectivity index (χ0n) is 23.9. The second-order valence-corrected chi connectivity index (χ2v) is 11.9. The van der Waals surface area contributed by atoms with E-state index >= 15 is 0 Å². The second-order valence-electron chi connectivity index (χ2n) is 9.95. The van der Waals surface area contributed by atoms with Gasteiger partial charge in [-0.25, -0.2) is 8.42 Å². The van der Waals surface area contributed by atoms with Crippen LogP contribution in [0.3, 0.4) is 0 Å². The van der Waals surface area contributed by atoms with Crippen LogP contribution >= 0.6 is 0 Å². The summed E-state index contributed by atoms with van der Waals surface area (Å²) in [7, 11) is -2.36. The number of benzene rings is 3. The molecule has 0 saturated carbocycles. The van der Waals surface area contributed by atoms with Crippen molar-refractivity contribution in [2.75, 3.05) is 12.4 Å². The molecule has 0 aliphatic heterocycles. The summed E-state index contributed by atoms with van der Waals surface area (Å²) in [5.41, 5.74) is 2.01. The summed E-state index contributed by atoms with van der Waals surface area (Å²) in [5, 5.41) is 6.62. The van der Waals surface area contributed by atoms with Gasteiger partial charge >= 0.3 is 0 Å². The molecule has 0 unspecified atom stereocenters. The van der Waals surface area contributed by atoms with Gasteiger partial charge in [0.05, 0.1) is 30.9 Å². The molecule has 0 saturated heterocycles.